The summed E-state index contributed by atoms with van der Waals surface area (Å²) in [5.41, 5.74) is 0.866. The summed E-state index contributed by atoms with van der Waals surface area (Å²) in [4.78, 5) is 49.3. The maximum Gasteiger partial charge on any atom is 0.341 e. The third-order valence-corrected chi connectivity index (χ3v) is 5.78. The molecule has 1 heterocycles. The Morgan fingerprint density at radius 1 is 1.19 bits per heavy atom. The van der Waals surface area contributed by atoms with Gasteiger partial charge in [-0.25, -0.2) is 4.79 Å². The lowest BCUT2D eigenvalue weighted by Crippen LogP contribution is -2.36. The smallest absolute Gasteiger partial charge is 0.341 e. The lowest BCUT2D eigenvalue weighted by Gasteiger charge is -2.13. The number of amides is 3. The molecule has 2 aromatic carbocycles. The predicted molar refractivity (Wildman–Crippen MR) is 122 cm³/mol. The molecule has 9 nitrogen and oxygen atoms in total. The summed E-state index contributed by atoms with van der Waals surface area (Å²) in [5, 5.41) is 10.9. The minimum atomic E-state index is -1.18. The number of nitrogens with zero attached hydrogens (tertiary/aromatic N) is 1. The third-order valence-electron chi connectivity index (χ3n) is 4.18. The second-order valence-corrected chi connectivity index (χ2v) is 8.20. The van der Waals surface area contributed by atoms with Crippen LogP contribution in [0.15, 0.2) is 51.8 Å². The highest BCUT2D eigenvalue weighted by Crippen LogP contribution is 2.37. The van der Waals surface area contributed by atoms with E-state index in [1.54, 1.807) is 42.5 Å². The summed E-state index contributed by atoms with van der Waals surface area (Å²) >= 11 is 3.98. The zero-order valence-electron chi connectivity index (χ0n) is 16.7. The number of anilines is 1. The van der Waals surface area contributed by atoms with Gasteiger partial charge in [-0.05, 0) is 52.0 Å². The number of thioether (sulfide) groups is 1. The number of nitrogens with one attached hydrogen (secondary N) is 1. The molecule has 0 bridgehead atoms. The highest BCUT2D eigenvalue weighted by atomic mass is 79.9. The molecule has 11 heteroatoms. The van der Waals surface area contributed by atoms with Gasteiger partial charge in [-0.1, -0.05) is 24.3 Å². The SMILES string of the molecule is COc1cccc(/C=C2/SC(=O)N(CC(=O)Nc3ccccc3Br)C2=O)c1OCC(=O)O. The molecule has 1 aliphatic heterocycles. The normalized spacial score (nSPS) is 14.6. The number of hydrogen-bond acceptors (Lipinski definition) is 7. The van der Waals surface area contributed by atoms with E-state index in [1.807, 2.05) is 0 Å². The van der Waals surface area contributed by atoms with Crippen LogP contribution in [0.4, 0.5) is 10.5 Å². The molecule has 0 aliphatic carbocycles. The highest BCUT2D eigenvalue weighted by Gasteiger charge is 2.36. The van der Waals surface area contributed by atoms with Crippen molar-refractivity contribution in [1.29, 1.82) is 0 Å². The molecule has 2 aromatic rings. The number of carboxylic acids is 1. The average molecular weight is 521 g/mol. The Morgan fingerprint density at radius 2 is 1.94 bits per heavy atom. The first-order valence-electron chi connectivity index (χ1n) is 9.11. The summed E-state index contributed by atoms with van der Waals surface area (Å²) in [5.74, 6) is -1.97. The van der Waals surface area contributed by atoms with E-state index in [9.17, 15) is 19.2 Å². The van der Waals surface area contributed by atoms with Crippen LogP contribution >= 0.6 is 27.7 Å². The van der Waals surface area contributed by atoms with Crippen LogP contribution in [0.2, 0.25) is 0 Å². The fourth-order valence-corrected chi connectivity index (χ4v) is 3.98. The van der Waals surface area contributed by atoms with Crippen molar-refractivity contribution in [2.75, 3.05) is 25.6 Å². The van der Waals surface area contributed by atoms with E-state index in [4.69, 9.17) is 14.6 Å². The Labute approximate surface area is 195 Å². The van der Waals surface area contributed by atoms with Crippen molar-refractivity contribution < 1.29 is 33.8 Å². The molecule has 0 aromatic heterocycles. The first kappa shape index (κ1) is 23.4. The molecule has 0 spiro atoms. The number of hydrogen-bond donors (Lipinski definition) is 2. The molecule has 166 valence electrons. The lowest BCUT2D eigenvalue weighted by molar-refractivity contribution is -0.139. The third kappa shape index (κ3) is 5.48. The number of ether oxygens (including phenoxy) is 2. The second kappa shape index (κ2) is 10.3. The number of halogens is 1. The second-order valence-electron chi connectivity index (χ2n) is 6.36. The molecule has 0 radical (unpaired) electrons. The quantitative estimate of drug-likeness (QED) is 0.506. The number of imide groups is 1. The molecule has 0 saturated carbocycles. The van der Waals surface area contributed by atoms with Crippen LogP contribution < -0.4 is 14.8 Å². The van der Waals surface area contributed by atoms with Gasteiger partial charge in [0.05, 0.1) is 17.7 Å². The fourth-order valence-electron chi connectivity index (χ4n) is 2.77. The van der Waals surface area contributed by atoms with Gasteiger partial charge in [0.2, 0.25) is 5.91 Å². The van der Waals surface area contributed by atoms with Gasteiger partial charge < -0.3 is 19.9 Å². The topological polar surface area (TPSA) is 122 Å². The zero-order valence-corrected chi connectivity index (χ0v) is 19.1. The molecule has 3 rings (SSSR count). The maximum atomic E-state index is 12.8. The number of methoxy groups -OCH3 is 1. The van der Waals surface area contributed by atoms with E-state index in [0.29, 0.717) is 27.5 Å². The maximum absolute atomic E-state index is 12.8. The van der Waals surface area contributed by atoms with Gasteiger partial charge in [-0.3, -0.25) is 19.3 Å². The van der Waals surface area contributed by atoms with Gasteiger partial charge in [-0.2, -0.15) is 0 Å². The molecule has 1 aliphatic rings. The molecular weight excluding hydrogens is 504 g/mol. The van der Waals surface area contributed by atoms with Crippen LogP contribution in [0.3, 0.4) is 0 Å². The largest absolute Gasteiger partial charge is 0.493 e. The van der Waals surface area contributed by atoms with Crippen LogP contribution in [0.25, 0.3) is 6.08 Å². The van der Waals surface area contributed by atoms with E-state index in [2.05, 4.69) is 21.2 Å². The lowest BCUT2D eigenvalue weighted by atomic mass is 10.1. The molecule has 0 atom stereocenters. The van der Waals surface area contributed by atoms with Gasteiger partial charge in [-0.15, -0.1) is 0 Å². The summed E-state index contributed by atoms with van der Waals surface area (Å²) < 4.78 is 11.2. The van der Waals surface area contributed by atoms with E-state index in [1.165, 1.54) is 13.2 Å². The molecule has 1 saturated heterocycles. The number of rotatable bonds is 8. The molecular formula is C21H17BrN2O7S. The van der Waals surface area contributed by atoms with Crippen molar-refractivity contribution in [2.24, 2.45) is 0 Å². The minimum Gasteiger partial charge on any atom is -0.493 e. The Bertz CT molecular complexity index is 1120. The molecule has 2 N–H and O–H groups in total. The zero-order chi connectivity index (χ0) is 23.3. The fraction of sp³-hybridized carbons (Fsp3) is 0.143. The van der Waals surface area contributed by atoms with Crippen LogP contribution in [0.1, 0.15) is 5.56 Å². The van der Waals surface area contributed by atoms with E-state index < -0.39 is 36.2 Å². The van der Waals surface area contributed by atoms with Crippen molar-refractivity contribution >= 4 is 62.5 Å². The van der Waals surface area contributed by atoms with Crippen molar-refractivity contribution in [3.8, 4) is 11.5 Å². The van der Waals surface area contributed by atoms with Crippen molar-refractivity contribution in [3.63, 3.8) is 0 Å². The molecule has 3 amide bonds. The molecule has 0 unspecified atom stereocenters. The van der Waals surface area contributed by atoms with Crippen LogP contribution in [-0.4, -0.2) is 53.3 Å². The number of aliphatic carboxylic acids is 1. The number of carboxylic acid groups (broad SMARTS) is 1. The van der Waals surface area contributed by atoms with Gasteiger partial charge in [0, 0.05) is 10.0 Å². The van der Waals surface area contributed by atoms with E-state index in [0.717, 1.165) is 4.90 Å². The van der Waals surface area contributed by atoms with Gasteiger partial charge >= 0.3 is 5.97 Å². The van der Waals surface area contributed by atoms with Gasteiger partial charge in [0.25, 0.3) is 11.1 Å². The highest BCUT2D eigenvalue weighted by molar-refractivity contribution is 9.10. The monoisotopic (exact) mass is 520 g/mol. The van der Waals surface area contributed by atoms with Crippen molar-refractivity contribution in [3.05, 3.63) is 57.4 Å². The first-order chi connectivity index (χ1) is 15.3. The molecule has 32 heavy (non-hydrogen) atoms. The van der Waals surface area contributed by atoms with Crippen molar-refractivity contribution in [1.82, 2.24) is 4.90 Å². The minimum absolute atomic E-state index is 0.0668. The number of benzene rings is 2. The summed E-state index contributed by atoms with van der Waals surface area (Å²) in [6.07, 6.45) is 1.40. The summed E-state index contributed by atoms with van der Waals surface area (Å²) in [6, 6.07) is 11.7. The van der Waals surface area contributed by atoms with Crippen LogP contribution in [0, 0.1) is 0 Å². The number of carbonyl (C=O) groups excluding carboxylic acids is 3. The van der Waals surface area contributed by atoms with Gasteiger partial charge in [0.1, 0.15) is 6.54 Å². The Balaban J connectivity index is 1.79. The summed E-state index contributed by atoms with van der Waals surface area (Å²) in [6.45, 7) is -1.07. The Morgan fingerprint density at radius 3 is 2.62 bits per heavy atom. The average Bonchev–Trinajstić information content (AvgIpc) is 3.01. The number of para-hydroxylation sites is 2. The van der Waals surface area contributed by atoms with Crippen LogP contribution in [0.5, 0.6) is 11.5 Å². The predicted octanol–water partition coefficient (Wildman–Crippen LogP) is 3.60. The summed E-state index contributed by atoms with van der Waals surface area (Å²) in [7, 11) is 1.39. The first-order valence-corrected chi connectivity index (χ1v) is 10.7. The van der Waals surface area contributed by atoms with Gasteiger partial charge in [0.15, 0.2) is 18.1 Å². The molecule has 1 fully saturated rings. The standard InChI is InChI=1S/C21H17BrN2O7S/c1-30-15-8-4-5-12(19(15)31-11-18(26)27)9-16-20(28)24(21(29)32-16)10-17(25)23-14-7-3-2-6-13(14)22/h2-9H,10-11H2,1H3,(H,23,25)(H,26,27)/b16-9+. The Hall–Kier alpha value is -3.31. The van der Waals surface area contributed by atoms with E-state index in [-0.39, 0.29) is 16.4 Å². The van der Waals surface area contributed by atoms with Crippen LogP contribution in [-0.2, 0) is 14.4 Å². The van der Waals surface area contributed by atoms with E-state index >= 15 is 0 Å². The van der Waals surface area contributed by atoms with Crippen molar-refractivity contribution in [2.45, 2.75) is 0 Å². The number of carbonyl (C=O) groups is 4. The Kier molecular flexibility index (Phi) is 7.54.